The molecule has 1 aliphatic heterocycles. The van der Waals surface area contributed by atoms with Gasteiger partial charge in [0.25, 0.3) is 0 Å². The van der Waals surface area contributed by atoms with E-state index in [0.717, 1.165) is 31.0 Å². The monoisotopic (exact) mass is 399 g/mol. The van der Waals surface area contributed by atoms with Crippen LogP contribution in [0, 0.1) is 0 Å². The number of hydrogen-bond donors (Lipinski definition) is 0. The third kappa shape index (κ3) is 6.33. The van der Waals surface area contributed by atoms with Gasteiger partial charge in [-0.1, -0.05) is 26.8 Å². The average molecular weight is 400 g/mol. The van der Waals surface area contributed by atoms with E-state index in [1.54, 1.807) is 4.90 Å². The summed E-state index contributed by atoms with van der Waals surface area (Å²) in [7, 11) is -1.82. The first kappa shape index (κ1) is 24.2. The van der Waals surface area contributed by atoms with Gasteiger partial charge in [0.15, 0.2) is 8.32 Å². The van der Waals surface area contributed by atoms with E-state index in [1.807, 2.05) is 40.7 Å². The summed E-state index contributed by atoms with van der Waals surface area (Å²) in [4.78, 5) is 14.8. The third-order valence-electron chi connectivity index (χ3n) is 5.53. The second kappa shape index (κ2) is 9.57. The highest BCUT2D eigenvalue weighted by Crippen LogP contribution is 2.35. The van der Waals surface area contributed by atoms with Crippen LogP contribution in [-0.4, -0.2) is 49.4 Å². The molecule has 2 atom stereocenters. The highest BCUT2D eigenvalue weighted by Gasteiger charge is 2.50. The van der Waals surface area contributed by atoms with Crippen LogP contribution in [-0.2, 0) is 13.9 Å². The summed E-state index contributed by atoms with van der Waals surface area (Å²) in [6.07, 6.45) is 3.21. The van der Waals surface area contributed by atoms with Gasteiger partial charge in [-0.05, 0) is 65.6 Å². The van der Waals surface area contributed by atoms with Crippen LogP contribution in [0.4, 0.5) is 4.79 Å². The molecule has 0 aromatic carbocycles. The lowest BCUT2D eigenvalue weighted by atomic mass is 10.0. The highest BCUT2D eigenvalue weighted by molar-refractivity contribution is 6.73. The van der Waals surface area contributed by atoms with Crippen molar-refractivity contribution in [1.29, 1.82) is 0 Å². The van der Waals surface area contributed by atoms with Crippen molar-refractivity contribution in [1.82, 2.24) is 4.90 Å². The third-order valence-corrected chi connectivity index (χ3v) is 10.2. The van der Waals surface area contributed by atoms with Crippen LogP contribution in [0.15, 0.2) is 12.7 Å². The molecule has 0 saturated carbocycles. The van der Waals surface area contributed by atoms with E-state index in [-0.39, 0.29) is 18.2 Å². The van der Waals surface area contributed by atoms with Crippen molar-refractivity contribution in [2.75, 3.05) is 6.61 Å². The lowest BCUT2D eigenvalue weighted by Crippen LogP contribution is -2.55. The number of carbonyl (C=O) groups excluding carboxylic acids is 1. The van der Waals surface area contributed by atoms with Gasteiger partial charge in [0, 0.05) is 0 Å². The van der Waals surface area contributed by atoms with Gasteiger partial charge in [0.05, 0.1) is 18.8 Å². The van der Waals surface area contributed by atoms with Gasteiger partial charge in [-0.2, -0.15) is 0 Å². The molecule has 0 aliphatic carbocycles. The van der Waals surface area contributed by atoms with E-state index in [1.165, 1.54) is 0 Å². The van der Waals surface area contributed by atoms with Crippen LogP contribution in [0.25, 0.3) is 0 Å². The molecule has 0 aromatic rings. The Hall–Kier alpha value is -0.853. The fourth-order valence-corrected chi connectivity index (χ4v) is 6.62. The molecule has 27 heavy (non-hydrogen) atoms. The highest BCUT2D eigenvalue weighted by atomic mass is 28.4. The Morgan fingerprint density at radius 3 is 2.30 bits per heavy atom. The van der Waals surface area contributed by atoms with Crippen LogP contribution in [0.2, 0.25) is 18.1 Å². The molecule has 5 nitrogen and oxygen atoms in total. The van der Waals surface area contributed by atoms with E-state index in [0.29, 0.717) is 6.61 Å². The normalized spacial score (nSPS) is 21.2. The number of rotatable bonds is 9. The molecule has 0 radical (unpaired) electrons. The smallest absolute Gasteiger partial charge is 0.412 e. The van der Waals surface area contributed by atoms with Crippen LogP contribution >= 0.6 is 0 Å². The maximum atomic E-state index is 13.0. The molecule has 0 N–H and O–H groups in total. The molecule has 0 bridgehead atoms. The number of carbonyl (C=O) groups is 1. The molecule has 0 aromatic heterocycles. The minimum atomic E-state index is -1.82. The van der Waals surface area contributed by atoms with Crippen molar-refractivity contribution in [3.05, 3.63) is 12.7 Å². The first-order chi connectivity index (χ1) is 12.4. The molecule has 2 unspecified atom stereocenters. The Bertz CT molecular complexity index is 489. The Balaban J connectivity index is 3.17. The second-order valence-corrected chi connectivity index (χ2v) is 13.7. The number of hydrogen-bond acceptors (Lipinski definition) is 4. The van der Waals surface area contributed by atoms with E-state index < -0.39 is 19.6 Å². The summed E-state index contributed by atoms with van der Waals surface area (Å²) in [6, 6.07) is 3.09. The lowest BCUT2D eigenvalue weighted by Gasteiger charge is -2.41. The van der Waals surface area contributed by atoms with Gasteiger partial charge in [0.2, 0.25) is 0 Å². The number of amides is 1. The van der Waals surface area contributed by atoms with E-state index in [4.69, 9.17) is 13.9 Å². The van der Waals surface area contributed by atoms with Gasteiger partial charge in [-0.3, -0.25) is 4.90 Å². The molecule has 158 valence electrons. The zero-order chi connectivity index (χ0) is 20.9. The van der Waals surface area contributed by atoms with Crippen molar-refractivity contribution >= 4 is 14.4 Å². The fraction of sp³-hybridized carbons (Fsp3) is 0.857. The second-order valence-electron chi connectivity index (χ2n) is 8.94. The van der Waals surface area contributed by atoms with Crippen molar-refractivity contribution in [3.8, 4) is 0 Å². The lowest BCUT2D eigenvalue weighted by molar-refractivity contribution is -0.0673. The summed E-state index contributed by atoms with van der Waals surface area (Å²) in [5.74, 6) is 0. The van der Waals surface area contributed by atoms with Crippen LogP contribution in [0.5, 0.6) is 0 Å². The Kier molecular flexibility index (Phi) is 8.57. The van der Waals surface area contributed by atoms with Crippen molar-refractivity contribution in [2.45, 2.75) is 110 Å². The van der Waals surface area contributed by atoms with Crippen molar-refractivity contribution < 1.29 is 18.7 Å². The largest absolute Gasteiger partial charge is 0.444 e. The van der Waals surface area contributed by atoms with Crippen molar-refractivity contribution in [2.24, 2.45) is 0 Å². The SMILES string of the molecule is C=CCCC(O[Si](CC)(CC)CC)C1COC(C)(C)N1C(=O)OC(C)(C)C. The van der Waals surface area contributed by atoms with Gasteiger partial charge in [-0.15, -0.1) is 6.58 Å². The molecule has 1 rings (SSSR count). The molecule has 1 saturated heterocycles. The number of allylic oxidation sites excluding steroid dienone is 1. The summed E-state index contributed by atoms with van der Waals surface area (Å²) in [5.41, 5.74) is -1.26. The first-order valence-electron chi connectivity index (χ1n) is 10.4. The van der Waals surface area contributed by atoms with Gasteiger partial charge < -0.3 is 13.9 Å². The summed E-state index contributed by atoms with van der Waals surface area (Å²) < 4.78 is 18.5. The molecule has 6 heteroatoms. The van der Waals surface area contributed by atoms with Crippen LogP contribution in [0.1, 0.15) is 68.2 Å². The Labute approximate surface area is 167 Å². The van der Waals surface area contributed by atoms with Crippen LogP contribution in [0.3, 0.4) is 0 Å². The molecular weight excluding hydrogens is 358 g/mol. The predicted molar refractivity (Wildman–Crippen MR) is 113 cm³/mol. The standard InChI is InChI=1S/C21H41NO4Si/c1-10-14-15-18(26-27(11-2,12-3)13-4)17-16-24-21(8,9)22(17)19(23)25-20(5,6)7/h10,17-18H,1,11-16H2,2-9H3. The van der Waals surface area contributed by atoms with Gasteiger partial charge in [0.1, 0.15) is 11.3 Å². The van der Waals surface area contributed by atoms with E-state index in [9.17, 15) is 4.79 Å². The maximum absolute atomic E-state index is 13.0. The number of nitrogens with zero attached hydrogens (tertiary/aromatic N) is 1. The summed E-state index contributed by atoms with van der Waals surface area (Å²) in [6.45, 7) is 20.5. The van der Waals surface area contributed by atoms with Gasteiger partial charge >= 0.3 is 6.09 Å². The summed E-state index contributed by atoms with van der Waals surface area (Å²) >= 11 is 0. The van der Waals surface area contributed by atoms with E-state index in [2.05, 4.69) is 27.4 Å². The minimum absolute atomic E-state index is 0.0659. The van der Waals surface area contributed by atoms with Gasteiger partial charge in [-0.25, -0.2) is 4.79 Å². The number of ether oxygens (including phenoxy) is 2. The molecule has 1 heterocycles. The first-order valence-corrected chi connectivity index (χ1v) is 12.9. The molecule has 0 spiro atoms. The van der Waals surface area contributed by atoms with E-state index >= 15 is 0 Å². The molecular formula is C21H41NO4Si. The molecule has 1 amide bonds. The summed E-state index contributed by atoms with van der Waals surface area (Å²) in [5, 5.41) is 0. The predicted octanol–water partition coefficient (Wildman–Crippen LogP) is 5.72. The zero-order valence-corrected chi connectivity index (χ0v) is 19.8. The van der Waals surface area contributed by atoms with Crippen molar-refractivity contribution in [3.63, 3.8) is 0 Å². The quantitative estimate of drug-likeness (QED) is 0.368. The molecule has 1 aliphatic rings. The fourth-order valence-electron chi connectivity index (χ4n) is 3.71. The Morgan fingerprint density at radius 1 is 1.30 bits per heavy atom. The minimum Gasteiger partial charge on any atom is -0.444 e. The molecule has 1 fully saturated rings. The zero-order valence-electron chi connectivity index (χ0n) is 18.8. The topological polar surface area (TPSA) is 48.0 Å². The Morgan fingerprint density at radius 2 is 1.85 bits per heavy atom. The maximum Gasteiger partial charge on any atom is 0.412 e. The van der Waals surface area contributed by atoms with Crippen LogP contribution < -0.4 is 0 Å². The average Bonchev–Trinajstić information content (AvgIpc) is 2.89.